The molecular weight excluding hydrogens is 483 g/mol. The average molecular weight is 509 g/mol. The topological polar surface area (TPSA) is 143 Å². The van der Waals surface area contributed by atoms with Crippen LogP contribution in [0, 0.1) is 5.82 Å². The van der Waals surface area contributed by atoms with Crippen molar-refractivity contribution in [3.63, 3.8) is 0 Å². The van der Waals surface area contributed by atoms with E-state index in [1.54, 1.807) is 6.92 Å². The molecule has 0 fully saturated rings. The zero-order valence-electron chi connectivity index (χ0n) is 17.0. The van der Waals surface area contributed by atoms with E-state index >= 15 is 0 Å². The molecule has 0 radical (unpaired) electrons. The van der Waals surface area contributed by atoms with Crippen LogP contribution in [0.1, 0.15) is 31.4 Å². The third-order valence-corrected chi connectivity index (χ3v) is 10.8. The molecule has 0 aliphatic heterocycles. The highest BCUT2D eigenvalue weighted by molar-refractivity contribution is 8.04. The van der Waals surface area contributed by atoms with Crippen LogP contribution < -0.4 is 0 Å². The Morgan fingerprint density at radius 2 is 1.23 bits per heavy atom. The van der Waals surface area contributed by atoms with Crippen molar-refractivity contribution >= 4 is 40.1 Å². The molecule has 0 heterocycles. The Labute approximate surface area is 177 Å². The van der Waals surface area contributed by atoms with E-state index in [1.807, 2.05) is 0 Å². The summed E-state index contributed by atoms with van der Waals surface area (Å²) in [5.41, 5.74) is -0.221. The van der Waals surface area contributed by atoms with Gasteiger partial charge in [0.05, 0.1) is 37.1 Å². The van der Waals surface area contributed by atoms with Gasteiger partial charge in [-0.25, -0.2) is 38.1 Å². The lowest BCUT2D eigenvalue weighted by Gasteiger charge is -2.38. The predicted molar refractivity (Wildman–Crippen MR) is 111 cm³/mol. The van der Waals surface area contributed by atoms with Gasteiger partial charge in [0, 0.05) is 0 Å². The third-order valence-electron chi connectivity index (χ3n) is 3.94. The predicted octanol–water partition coefficient (Wildman–Crippen LogP) is 0.478. The minimum Gasteiger partial charge on any atom is -0.212 e. The smallest absolute Gasteiger partial charge is 0.212 e. The minimum atomic E-state index is -4.56. The van der Waals surface area contributed by atoms with Gasteiger partial charge in [-0.15, -0.1) is 0 Å². The maximum absolute atomic E-state index is 13.9. The van der Waals surface area contributed by atoms with Crippen molar-refractivity contribution in [2.45, 2.75) is 31.8 Å². The molecule has 0 aliphatic carbocycles. The van der Waals surface area contributed by atoms with Crippen LogP contribution in [0.4, 0.5) is 4.39 Å². The van der Waals surface area contributed by atoms with E-state index in [2.05, 4.69) is 0 Å². The van der Waals surface area contributed by atoms with E-state index in [9.17, 15) is 38.1 Å². The lowest BCUT2D eigenvalue weighted by atomic mass is 9.97. The quantitative estimate of drug-likeness (QED) is 0.444. The molecule has 174 valence electrons. The molecule has 0 unspecified atom stereocenters. The molecule has 0 saturated heterocycles. The average Bonchev–Trinajstić information content (AvgIpc) is 2.46. The number of nitrogens with zero attached hydrogens (tertiary/aromatic N) is 2. The maximum atomic E-state index is 13.9. The summed E-state index contributed by atoms with van der Waals surface area (Å²) in [6.07, 6.45) is 2.29. The fraction of sp³-hybridized carbons (Fsp3) is 0.600. The fourth-order valence-electron chi connectivity index (χ4n) is 3.25. The second-order valence-electron chi connectivity index (χ2n) is 6.86. The number of hydrogen-bond donors (Lipinski definition) is 0. The van der Waals surface area contributed by atoms with Gasteiger partial charge in [-0.2, -0.15) is 0 Å². The maximum Gasteiger partial charge on any atom is 0.224 e. The van der Waals surface area contributed by atoms with Crippen LogP contribution in [-0.2, 0) is 40.1 Å². The third kappa shape index (κ3) is 6.68. The molecule has 0 aromatic heterocycles. The summed E-state index contributed by atoms with van der Waals surface area (Å²) in [5.74, 6) is -0.847. The second-order valence-corrected chi connectivity index (χ2v) is 14.8. The van der Waals surface area contributed by atoms with Gasteiger partial charge in [0.2, 0.25) is 40.1 Å². The first-order chi connectivity index (χ1) is 13.3. The van der Waals surface area contributed by atoms with Gasteiger partial charge in [0.25, 0.3) is 0 Å². The van der Waals surface area contributed by atoms with Crippen molar-refractivity contribution in [3.8, 4) is 0 Å². The monoisotopic (exact) mass is 508 g/mol. The van der Waals surface area contributed by atoms with Crippen LogP contribution in [0.2, 0.25) is 0 Å². The summed E-state index contributed by atoms with van der Waals surface area (Å²) >= 11 is 0. The zero-order valence-corrected chi connectivity index (χ0v) is 20.3. The summed E-state index contributed by atoms with van der Waals surface area (Å²) in [7, 11) is -18.1. The van der Waals surface area contributed by atoms with E-state index in [1.165, 1.54) is 12.1 Å². The lowest BCUT2D eigenvalue weighted by molar-refractivity contribution is 0.284. The first-order valence-corrected chi connectivity index (χ1v) is 15.9. The molecule has 0 aliphatic rings. The number of hydrogen-bond acceptors (Lipinski definition) is 8. The highest BCUT2D eigenvalue weighted by Crippen LogP contribution is 2.36. The summed E-state index contributed by atoms with van der Waals surface area (Å²) in [6.45, 7) is 1.57. The molecule has 15 heteroatoms. The molecular formula is C15H25FN2O8S4. The highest BCUT2D eigenvalue weighted by Gasteiger charge is 2.47. The SMILES string of the molecule is CCC[C@H]([C@H](c1cccc(F)c1)N(S(C)(=O)=O)S(C)(=O)=O)N(S(C)(=O)=O)S(C)(=O)=O. The molecule has 1 rings (SSSR count). The minimum absolute atomic E-state index is 0.0263. The Balaban J connectivity index is 4.11. The summed E-state index contributed by atoms with van der Waals surface area (Å²) in [4.78, 5) is 0. The van der Waals surface area contributed by atoms with E-state index in [0.29, 0.717) is 25.0 Å². The van der Waals surface area contributed by atoms with Crippen molar-refractivity contribution < 1.29 is 38.1 Å². The molecule has 0 N–H and O–H groups in total. The van der Waals surface area contributed by atoms with E-state index < -0.39 is 58.0 Å². The Bertz CT molecular complexity index is 1130. The molecule has 0 spiro atoms. The number of sulfonamides is 4. The summed E-state index contributed by atoms with van der Waals surface area (Å²) in [6, 6.07) is 0.670. The Morgan fingerprint density at radius 1 is 0.800 bits per heavy atom. The number of halogens is 1. The molecule has 2 atom stereocenters. The van der Waals surface area contributed by atoms with Gasteiger partial charge in [0.15, 0.2) is 0 Å². The molecule has 1 aromatic carbocycles. The van der Waals surface area contributed by atoms with Crippen LogP contribution in [0.3, 0.4) is 0 Å². The van der Waals surface area contributed by atoms with Crippen molar-refractivity contribution in [1.29, 1.82) is 0 Å². The molecule has 0 saturated carbocycles. The lowest BCUT2D eigenvalue weighted by Crippen LogP contribution is -2.53. The van der Waals surface area contributed by atoms with Crippen molar-refractivity contribution in [2.75, 3.05) is 25.0 Å². The first-order valence-electron chi connectivity index (χ1n) is 8.46. The van der Waals surface area contributed by atoms with Gasteiger partial charge >= 0.3 is 0 Å². The fourth-order valence-corrected chi connectivity index (χ4v) is 9.96. The second kappa shape index (κ2) is 9.16. The largest absolute Gasteiger partial charge is 0.224 e. The van der Waals surface area contributed by atoms with Crippen LogP contribution >= 0.6 is 0 Å². The normalized spacial score (nSPS) is 16.0. The van der Waals surface area contributed by atoms with Crippen molar-refractivity contribution in [2.24, 2.45) is 0 Å². The van der Waals surface area contributed by atoms with Crippen LogP contribution in [-0.4, -0.2) is 72.2 Å². The highest BCUT2D eigenvalue weighted by atomic mass is 32.3. The summed E-state index contributed by atoms with van der Waals surface area (Å²) in [5, 5.41) is 0. The van der Waals surface area contributed by atoms with Gasteiger partial charge < -0.3 is 0 Å². The molecule has 0 bridgehead atoms. The van der Waals surface area contributed by atoms with Gasteiger partial charge in [-0.3, -0.25) is 0 Å². The molecule has 30 heavy (non-hydrogen) atoms. The number of benzene rings is 1. The van der Waals surface area contributed by atoms with E-state index in [-0.39, 0.29) is 25.8 Å². The Hall–Kier alpha value is -1.13. The first kappa shape index (κ1) is 26.9. The van der Waals surface area contributed by atoms with Crippen LogP contribution in [0.15, 0.2) is 24.3 Å². The molecule has 10 nitrogen and oxygen atoms in total. The standard InChI is InChI=1S/C15H25FN2O8S4/c1-6-8-14(17(27(2,19)20)28(3,21)22)15(12-9-7-10-13(16)11-12)18(29(4,23)24)30(5,25)26/h7,9-11,14-15H,6,8H2,1-5H3/t14-,15+/m1/s1. The molecule has 0 amide bonds. The van der Waals surface area contributed by atoms with Gasteiger partial charge in [-0.1, -0.05) is 32.9 Å². The zero-order chi connectivity index (χ0) is 23.7. The van der Waals surface area contributed by atoms with Gasteiger partial charge in [0.1, 0.15) is 5.82 Å². The number of rotatable bonds is 10. The Morgan fingerprint density at radius 3 is 1.57 bits per heavy atom. The van der Waals surface area contributed by atoms with Gasteiger partial charge in [-0.05, 0) is 24.1 Å². The van der Waals surface area contributed by atoms with E-state index in [4.69, 9.17) is 0 Å². The van der Waals surface area contributed by atoms with Crippen molar-refractivity contribution in [1.82, 2.24) is 7.42 Å². The summed E-state index contributed by atoms with van der Waals surface area (Å²) < 4.78 is 113. The Kier molecular flexibility index (Phi) is 8.21. The van der Waals surface area contributed by atoms with Crippen LogP contribution in [0.5, 0.6) is 0 Å². The van der Waals surface area contributed by atoms with Crippen LogP contribution in [0.25, 0.3) is 0 Å². The van der Waals surface area contributed by atoms with Crippen molar-refractivity contribution in [3.05, 3.63) is 35.6 Å². The van der Waals surface area contributed by atoms with E-state index in [0.717, 1.165) is 12.1 Å². The molecule has 1 aromatic rings.